The van der Waals surface area contributed by atoms with Gasteiger partial charge in [-0.2, -0.15) is 0 Å². The van der Waals surface area contributed by atoms with Crippen molar-refractivity contribution < 1.29 is 9.59 Å². The highest BCUT2D eigenvalue weighted by Crippen LogP contribution is 2.37. The van der Waals surface area contributed by atoms with Crippen molar-refractivity contribution in [2.75, 3.05) is 32.7 Å². The second-order valence-corrected chi connectivity index (χ2v) is 11.1. The SMILES string of the molecule is CCCN1CCCN(C(=O)CCCc2nc3ccccc3s2)CCNC(=O)CC12CCCCC2. The van der Waals surface area contributed by atoms with Crippen LogP contribution in [-0.4, -0.2) is 64.9 Å². The van der Waals surface area contributed by atoms with Gasteiger partial charge in [0.05, 0.1) is 15.2 Å². The lowest BCUT2D eigenvalue weighted by atomic mass is 9.77. The summed E-state index contributed by atoms with van der Waals surface area (Å²) in [7, 11) is 0. The van der Waals surface area contributed by atoms with Gasteiger partial charge in [-0.15, -0.1) is 11.3 Å². The normalized spacial score (nSPS) is 20.3. The first-order valence-corrected chi connectivity index (χ1v) is 14.1. The fourth-order valence-corrected chi connectivity index (χ4v) is 6.76. The minimum Gasteiger partial charge on any atom is -0.354 e. The molecule has 0 bridgehead atoms. The summed E-state index contributed by atoms with van der Waals surface area (Å²) in [6.45, 7) is 6.15. The Morgan fingerprint density at radius 3 is 2.74 bits per heavy atom. The maximum absolute atomic E-state index is 13.1. The predicted octanol–water partition coefficient (Wildman–Crippen LogP) is 4.77. The van der Waals surface area contributed by atoms with E-state index in [-0.39, 0.29) is 17.4 Å². The number of carbonyl (C=O) groups is 2. The molecule has 1 aliphatic carbocycles. The summed E-state index contributed by atoms with van der Waals surface area (Å²) < 4.78 is 1.21. The number of fused-ring (bicyclic) bond motifs is 1. The van der Waals surface area contributed by atoms with Crippen molar-refractivity contribution in [2.45, 2.75) is 83.1 Å². The number of thiazole rings is 1. The average molecular weight is 485 g/mol. The van der Waals surface area contributed by atoms with Gasteiger partial charge in [0, 0.05) is 44.6 Å². The van der Waals surface area contributed by atoms with Crippen LogP contribution in [0, 0.1) is 0 Å². The van der Waals surface area contributed by atoms with Crippen molar-refractivity contribution in [1.82, 2.24) is 20.1 Å². The van der Waals surface area contributed by atoms with E-state index in [1.807, 2.05) is 23.1 Å². The third-order valence-electron chi connectivity index (χ3n) is 7.47. The van der Waals surface area contributed by atoms with E-state index in [4.69, 9.17) is 4.98 Å². The minimum absolute atomic E-state index is 0.00870. The third-order valence-corrected chi connectivity index (χ3v) is 8.57. The van der Waals surface area contributed by atoms with Gasteiger partial charge in [0.2, 0.25) is 11.8 Å². The number of nitrogens with zero attached hydrogens (tertiary/aromatic N) is 3. The standard InChI is InChI=1S/C27H40N4O2S/c1-2-17-31-19-9-18-30(20-16-28-24(32)21-27(31)14-6-3-7-15-27)26(33)13-8-12-25-29-22-10-4-5-11-23(22)34-25/h4-5,10-11H,2-3,6-9,12-21H2,1H3,(H,28,32). The smallest absolute Gasteiger partial charge is 0.222 e. The Hall–Kier alpha value is -1.99. The molecule has 186 valence electrons. The first kappa shape index (κ1) is 25.1. The molecule has 1 saturated heterocycles. The van der Waals surface area contributed by atoms with Crippen LogP contribution in [0.3, 0.4) is 0 Å². The fourth-order valence-electron chi connectivity index (χ4n) is 5.75. The maximum Gasteiger partial charge on any atom is 0.222 e. The number of para-hydroxylation sites is 1. The van der Waals surface area contributed by atoms with E-state index >= 15 is 0 Å². The van der Waals surface area contributed by atoms with Gasteiger partial charge in [-0.1, -0.05) is 38.3 Å². The molecular formula is C27H40N4O2S. The zero-order valence-electron chi connectivity index (χ0n) is 20.7. The second kappa shape index (κ2) is 12.1. The molecule has 6 nitrogen and oxygen atoms in total. The molecule has 0 radical (unpaired) electrons. The zero-order valence-corrected chi connectivity index (χ0v) is 21.5. The molecule has 1 aliphatic heterocycles. The summed E-state index contributed by atoms with van der Waals surface area (Å²) in [4.78, 5) is 35.2. The van der Waals surface area contributed by atoms with Crippen LogP contribution >= 0.6 is 11.3 Å². The second-order valence-electron chi connectivity index (χ2n) is 9.96. The van der Waals surface area contributed by atoms with Crippen LogP contribution < -0.4 is 5.32 Å². The molecule has 1 N–H and O–H groups in total. The number of hydrogen-bond acceptors (Lipinski definition) is 5. The summed E-state index contributed by atoms with van der Waals surface area (Å²) in [5.74, 6) is 0.345. The first-order valence-electron chi connectivity index (χ1n) is 13.2. The fraction of sp³-hybridized carbons (Fsp3) is 0.667. The average Bonchev–Trinajstić information content (AvgIpc) is 3.24. The minimum atomic E-state index is 0.00870. The van der Waals surface area contributed by atoms with E-state index in [1.165, 1.54) is 24.0 Å². The maximum atomic E-state index is 13.1. The molecule has 1 aromatic carbocycles. The highest BCUT2D eigenvalue weighted by molar-refractivity contribution is 7.18. The van der Waals surface area contributed by atoms with E-state index in [0.717, 1.165) is 68.7 Å². The van der Waals surface area contributed by atoms with Crippen molar-refractivity contribution in [3.05, 3.63) is 29.3 Å². The predicted molar refractivity (Wildman–Crippen MR) is 139 cm³/mol. The molecule has 2 fully saturated rings. The zero-order chi connectivity index (χ0) is 23.8. The first-order chi connectivity index (χ1) is 16.6. The Bertz CT molecular complexity index is 920. The summed E-state index contributed by atoms with van der Waals surface area (Å²) in [5, 5.41) is 4.23. The highest BCUT2D eigenvalue weighted by atomic mass is 32.1. The Labute approximate surface area is 208 Å². The Morgan fingerprint density at radius 1 is 1.12 bits per heavy atom. The van der Waals surface area contributed by atoms with E-state index in [0.29, 0.717) is 25.9 Å². The van der Waals surface area contributed by atoms with Crippen molar-refractivity contribution in [3.8, 4) is 0 Å². The lowest BCUT2D eigenvalue weighted by Crippen LogP contribution is -2.53. The van der Waals surface area contributed by atoms with Crippen LogP contribution in [0.4, 0.5) is 0 Å². The van der Waals surface area contributed by atoms with E-state index < -0.39 is 0 Å². The number of hydrogen-bond donors (Lipinski definition) is 1. The van der Waals surface area contributed by atoms with Gasteiger partial charge in [-0.05, 0) is 57.2 Å². The molecule has 0 atom stereocenters. The number of aryl methyl sites for hydroxylation is 1. The lowest BCUT2D eigenvalue weighted by molar-refractivity contribution is -0.131. The Kier molecular flexibility index (Phi) is 8.95. The highest BCUT2D eigenvalue weighted by Gasteiger charge is 2.39. The van der Waals surface area contributed by atoms with E-state index in [9.17, 15) is 9.59 Å². The summed E-state index contributed by atoms with van der Waals surface area (Å²) >= 11 is 1.72. The van der Waals surface area contributed by atoms with Gasteiger partial charge >= 0.3 is 0 Å². The van der Waals surface area contributed by atoms with Gasteiger partial charge in [0.25, 0.3) is 0 Å². The molecule has 2 heterocycles. The molecule has 2 aliphatic rings. The topological polar surface area (TPSA) is 65.5 Å². The monoisotopic (exact) mass is 484 g/mol. The molecule has 0 unspecified atom stereocenters. The summed E-state index contributed by atoms with van der Waals surface area (Å²) in [5.41, 5.74) is 1.05. The van der Waals surface area contributed by atoms with Gasteiger partial charge < -0.3 is 10.2 Å². The number of aromatic nitrogens is 1. The van der Waals surface area contributed by atoms with Crippen LogP contribution in [-0.2, 0) is 16.0 Å². The molecular weight excluding hydrogens is 444 g/mol. The summed E-state index contributed by atoms with van der Waals surface area (Å²) in [6, 6.07) is 8.20. The molecule has 7 heteroatoms. The van der Waals surface area contributed by atoms with Gasteiger partial charge in [0.1, 0.15) is 0 Å². The van der Waals surface area contributed by atoms with Crippen LogP contribution in [0.15, 0.2) is 24.3 Å². The van der Waals surface area contributed by atoms with Gasteiger partial charge in [0.15, 0.2) is 0 Å². The number of amides is 2. The van der Waals surface area contributed by atoms with Crippen molar-refractivity contribution in [1.29, 1.82) is 0 Å². The van der Waals surface area contributed by atoms with Crippen molar-refractivity contribution in [3.63, 3.8) is 0 Å². The molecule has 1 saturated carbocycles. The largest absolute Gasteiger partial charge is 0.354 e. The Morgan fingerprint density at radius 2 is 1.94 bits per heavy atom. The lowest BCUT2D eigenvalue weighted by Gasteiger charge is -2.46. The van der Waals surface area contributed by atoms with Crippen molar-refractivity contribution >= 4 is 33.4 Å². The van der Waals surface area contributed by atoms with Crippen LogP contribution in [0.5, 0.6) is 0 Å². The van der Waals surface area contributed by atoms with Crippen LogP contribution in [0.2, 0.25) is 0 Å². The van der Waals surface area contributed by atoms with E-state index in [1.54, 1.807) is 11.3 Å². The number of nitrogens with one attached hydrogen (secondary N) is 1. The van der Waals surface area contributed by atoms with Gasteiger partial charge in [-0.3, -0.25) is 14.5 Å². The Balaban J connectivity index is 1.34. The van der Waals surface area contributed by atoms with Gasteiger partial charge in [-0.25, -0.2) is 4.98 Å². The molecule has 1 spiro atoms. The molecule has 2 aromatic rings. The number of benzene rings is 1. The molecule has 1 aromatic heterocycles. The summed E-state index contributed by atoms with van der Waals surface area (Å²) in [6.07, 6.45) is 10.8. The number of rotatable bonds is 6. The molecule has 2 amide bonds. The molecule has 4 rings (SSSR count). The van der Waals surface area contributed by atoms with Crippen molar-refractivity contribution in [2.24, 2.45) is 0 Å². The quantitative estimate of drug-likeness (QED) is 0.641. The molecule has 34 heavy (non-hydrogen) atoms. The van der Waals surface area contributed by atoms with Crippen LogP contribution in [0.1, 0.15) is 76.1 Å². The van der Waals surface area contributed by atoms with E-state index in [2.05, 4.69) is 23.2 Å². The third kappa shape index (κ3) is 6.36. The van der Waals surface area contributed by atoms with Crippen LogP contribution in [0.25, 0.3) is 10.2 Å². The number of carbonyl (C=O) groups excluding carboxylic acids is 2.